The standard InChI is InChI=1S/C18H24N2O6/c1-4-5-6-7-8-12(2)17(18(21)22)13(3)15-10-9-14(19(23)24)11-16(15)20(25)26/h9-12H,4-8H2,1-3H3,(H,21,22)/b17-13-. The minimum absolute atomic E-state index is 0.0957. The molecule has 0 amide bonds. The number of hydrogen-bond donors (Lipinski definition) is 1. The SMILES string of the molecule is CCCCCCC(C)/C(C(=O)O)=C(\C)c1ccc([N+](=O)[O-])cc1[N+](=O)[O-]. The number of non-ortho nitro benzene ring substituents is 1. The Balaban J connectivity index is 3.32. The molecule has 8 heteroatoms. The van der Waals surface area contributed by atoms with Crippen molar-refractivity contribution in [2.24, 2.45) is 5.92 Å². The zero-order valence-electron chi connectivity index (χ0n) is 15.2. The fourth-order valence-electron chi connectivity index (χ4n) is 3.01. The van der Waals surface area contributed by atoms with E-state index in [1.165, 1.54) is 13.0 Å². The molecule has 0 aliphatic carbocycles. The summed E-state index contributed by atoms with van der Waals surface area (Å²) in [7, 11) is 0. The Morgan fingerprint density at radius 1 is 1.15 bits per heavy atom. The highest BCUT2D eigenvalue weighted by molar-refractivity contribution is 5.97. The lowest BCUT2D eigenvalue weighted by molar-refractivity contribution is -0.394. The first-order valence-corrected chi connectivity index (χ1v) is 8.57. The minimum atomic E-state index is -1.13. The number of aliphatic carboxylic acids is 1. The Morgan fingerprint density at radius 2 is 1.81 bits per heavy atom. The molecule has 0 aromatic heterocycles. The first-order chi connectivity index (χ1) is 12.2. The van der Waals surface area contributed by atoms with Gasteiger partial charge < -0.3 is 5.11 Å². The number of hydrogen-bond acceptors (Lipinski definition) is 5. The van der Waals surface area contributed by atoms with Gasteiger partial charge in [0.25, 0.3) is 11.4 Å². The van der Waals surface area contributed by atoms with E-state index in [2.05, 4.69) is 6.92 Å². The molecule has 0 aliphatic heterocycles. The Hall–Kier alpha value is -2.77. The lowest BCUT2D eigenvalue weighted by atomic mass is 9.88. The molecule has 142 valence electrons. The van der Waals surface area contributed by atoms with E-state index in [0.29, 0.717) is 6.42 Å². The first-order valence-electron chi connectivity index (χ1n) is 8.57. The number of nitro benzene ring substituents is 2. The highest BCUT2D eigenvalue weighted by Crippen LogP contribution is 2.34. The first kappa shape index (κ1) is 21.3. The maximum atomic E-state index is 11.8. The molecule has 1 aromatic rings. The summed E-state index contributed by atoms with van der Waals surface area (Å²) in [6.07, 6.45) is 4.70. The van der Waals surface area contributed by atoms with Crippen LogP contribution in [0.3, 0.4) is 0 Å². The van der Waals surface area contributed by atoms with E-state index in [9.17, 15) is 30.1 Å². The summed E-state index contributed by atoms with van der Waals surface area (Å²) >= 11 is 0. The largest absolute Gasteiger partial charge is 0.478 e. The van der Waals surface area contributed by atoms with Crippen molar-refractivity contribution in [2.75, 3.05) is 0 Å². The summed E-state index contributed by atoms with van der Waals surface area (Å²) in [5.41, 5.74) is -0.398. The van der Waals surface area contributed by atoms with E-state index < -0.39 is 27.2 Å². The molecule has 1 aromatic carbocycles. The molecular weight excluding hydrogens is 340 g/mol. The summed E-state index contributed by atoms with van der Waals surface area (Å²) in [6, 6.07) is 3.26. The van der Waals surface area contributed by atoms with Gasteiger partial charge in [0.05, 0.1) is 21.5 Å². The lowest BCUT2D eigenvalue weighted by Crippen LogP contribution is -2.13. The molecular formula is C18H24N2O6. The van der Waals surface area contributed by atoms with E-state index >= 15 is 0 Å². The quantitative estimate of drug-likeness (QED) is 0.270. The third-order valence-electron chi connectivity index (χ3n) is 4.41. The van der Waals surface area contributed by atoms with Gasteiger partial charge in [-0.05, 0) is 30.9 Å². The number of carbonyl (C=O) groups is 1. The molecule has 0 radical (unpaired) electrons. The van der Waals surface area contributed by atoms with Crippen LogP contribution < -0.4 is 0 Å². The average Bonchev–Trinajstić information content (AvgIpc) is 2.57. The van der Waals surface area contributed by atoms with Gasteiger partial charge in [0, 0.05) is 11.6 Å². The van der Waals surface area contributed by atoms with Gasteiger partial charge in [-0.1, -0.05) is 39.5 Å². The highest BCUT2D eigenvalue weighted by atomic mass is 16.6. The van der Waals surface area contributed by atoms with Gasteiger partial charge in [-0.15, -0.1) is 0 Å². The van der Waals surface area contributed by atoms with Gasteiger partial charge in [0.2, 0.25) is 0 Å². The van der Waals surface area contributed by atoms with Gasteiger partial charge in [0.15, 0.2) is 0 Å². The van der Waals surface area contributed by atoms with Crippen LogP contribution in [-0.2, 0) is 4.79 Å². The predicted molar refractivity (Wildman–Crippen MR) is 97.9 cm³/mol. The molecule has 0 bridgehead atoms. The van der Waals surface area contributed by atoms with Crippen molar-refractivity contribution in [1.82, 2.24) is 0 Å². The topological polar surface area (TPSA) is 124 Å². The summed E-state index contributed by atoms with van der Waals surface area (Å²) in [4.78, 5) is 32.5. The summed E-state index contributed by atoms with van der Waals surface area (Å²) in [5, 5.41) is 31.8. The van der Waals surface area contributed by atoms with Crippen molar-refractivity contribution < 1.29 is 19.7 Å². The van der Waals surface area contributed by atoms with Crippen molar-refractivity contribution in [1.29, 1.82) is 0 Å². The van der Waals surface area contributed by atoms with Crippen LogP contribution in [0.1, 0.15) is 58.4 Å². The Labute approximate surface area is 151 Å². The minimum Gasteiger partial charge on any atom is -0.478 e. The molecule has 26 heavy (non-hydrogen) atoms. The maximum absolute atomic E-state index is 11.8. The highest BCUT2D eigenvalue weighted by Gasteiger charge is 2.26. The van der Waals surface area contributed by atoms with Crippen LogP contribution in [-0.4, -0.2) is 20.9 Å². The maximum Gasteiger partial charge on any atom is 0.332 e. The van der Waals surface area contributed by atoms with Crippen LogP contribution in [0, 0.1) is 26.1 Å². The number of rotatable bonds is 10. The van der Waals surface area contributed by atoms with E-state index in [-0.39, 0.29) is 22.6 Å². The third kappa shape index (κ3) is 5.37. The molecule has 0 saturated carbocycles. The molecule has 0 spiro atoms. The fourth-order valence-corrected chi connectivity index (χ4v) is 3.01. The van der Waals surface area contributed by atoms with Gasteiger partial charge in [-0.2, -0.15) is 0 Å². The fraction of sp³-hybridized carbons (Fsp3) is 0.500. The molecule has 0 aliphatic rings. The van der Waals surface area contributed by atoms with Crippen LogP contribution in [0.4, 0.5) is 11.4 Å². The molecule has 0 saturated heterocycles. The van der Waals surface area contributed by atoms with E-state index in [4.69, 9.17) is 0 Å². The summed E-state index contributed by atoms with van der Waals surface area (Å²) in [6.45, 7) is 5.39. The number of carboxylic acids is 1. The second kappa shape index (κ2) is 9.65. The predicted octanol–water partition coefficient (Wildman–Crippen LogP) is 4.97. The molecule has 8 nitrogen and oxygen atoms in total. The van der Waals surface area contributed by atoms with E-state index in [1.54, 1.807) is 6.92 Å². The second-order valence-corrected chi connectivity index (χ2v) is 6.31. The van der Waals surface area contributed by atoms with Crippen molar-refractivity contribution in [2.45, 2.75) is 52.9 Å². The lowest BCUT2D eigenvalue weighted by Gasteiger charge is -2.16. The number of nitrogens with zero attached hydrogens (tertiary/aromatic N) is 2. The van der Waals surface area contributed by atoms with Gasteiger partial charge in [-0.3, -0.25) is 20.2 Å². The Kier molecular flexibility index (Phi) is 7.89. The van der Waals surface area contributed by atoms with Crippen molar-refractivity contribution in [3.8, 4) is 0 Å². The van der Waals surface area contributed by atoms with Gasteiger partial charge in [-0.25, -0.2) is 4.79 Å². The van der Waals surface area contributed by atoms with Crippen molar-refractivity contribution in [3.05, 3.63) is 49.6 Å². The molecule has 0 fully saturated rings. The molecule has 1 unspecified atom stereocenters. The monoisotopic (exact) mass is 364 g/mol. The van der Waals surface area contributed by atoms with E-state index in [1.807, 2.05) is 0 Å². The molecule has 1 rings (SSSR count). The zero-order chi connectivity index (χ0) is 19.9. The summed E-state index contributed by atoms with van der Waals surface area (Å²) < 4.78 is 0. The summed E-state index contributed by atoms with van der Waals surface area (Å²) in [5.74, 6) is -1.41. The van der Waals surface area contributed by atoms with Crippen LogP contribution in [0.5, 0.6) is 0 Å². The van der Waals surface area contributed by atoms with Crippen molar-refractivity contribution in [3.63, 3.8) is 0 Å². The normalized spacial score (nSPS) is 13.0. The average molecular weight is 364 g/mol. The number of carboxylic acid groups (broad SMARTS) is 1. The molecule has 1 N–H and O–H groups in total. The third-order valence-corrected chi connectivity index (χ3v) is 4.41. The van der Waals surface area contributed by atoms with E-state index in [0.717, 1.165) is 37.8 Å². The smallest absolute Gasteiger partial charge is 0.332 e. The number of nitro groups is 2. The van der Waals surface area contributed by atoms with Crippen molar-refractivity contribution >= 4 is 22.9 Å². The van der Waals surface area contributed by atoms with Crippen LogP contribution in [0.15, 0.2) is 23.8 Å². The van der Waals surface area contributed by atoms with Crippen LogP contribution >= 0.6 is 0 Å². The second-order valence-electron chi connectivity index (χ2n) is 6.31. The van der Waals surface area contributed by atoms with Crippen LogP contribution in [0.2, 0.25) is 0 Å². The van der Waals surface area contributed by atoms with Gasteiger partial charge >= 0.3 is 5.97 Å². The number of allylic oxidation sites excluding steroid dienone is 1. The Morgan fingerprint density at radius 3 is 2.31 bits per heavy atom. The molecule has 1 atom stereocenters. The Bertz CT molecular complexity index is 726. The van der Waals surface area contributed by atoms with Gasteiger partial charge in [0.1, 0.15) is 0 Å². The van der Waals surface area contributed by atoms with Crippen LogP contribution in [0.25, 0.3) is 5.57 Å². The number of unbranched alkanes of at least 4 members (excludes halogenated alkanes) is 3. The number of benzene rings is 1. The molecule has 0 heterocycles. The zero-order valence-corrected chi connectivity index (χ0v) is 15.2.